The quantitative estimate of drug-likeness (QED) is 0.611. The smallest absolute Gasteiger partial charge is 0.226 e. The van der Waals surface area contributed by atoms with Gasteiger partial charge in [-0.15, -0.1) is 11.3 Å². The highest BCUT2D eigenvalue weighted by molar-refractivity contribution is 7.13. The third-order valence-electron chi connectivity index (χ3n) is 5.36. The van der Waals surface area contributed by atoms with E-state index in [-0.39, 0.29) is 17.7 Å². The van der Waals surface area contributed by atoms with Gasteiger partial charge >= 0.3 is 0 Å². The van der Waals surface area contributed by atoms with E-state index in [4.69, 9.17) is 20.8 Å². The predicted octanol–water partition coefficient (Wildman–Crippen LogP) is 4.77. The average Bonchev–Trinajstić information content (AvgIpc) is 3.36. The van der Waals surface area contributed by atoms with Crippen LogP contribution in [0, 0.1) is 6.92 Å². The molecule has 7 heteroatoms. The lowest BCUT2D eigenvalue weighted by Crippen LogP contribution is -2.45. The first-order valence-corrected chi connectivity index (χ1v) is 10.9. The van der Waals surface area contributed by atoms with Crippen molar-refractivity contribution in [1.29, 1.82) is 0 Å². The Morgan fingerprint density at radius 1 is 1.28 bits per heavy atom. The van der Waals surface area contributed by atoms with E-state index in [1.807, 2.05) is 42.6 Å². The number of hydrogen-bond donors (Lipinski definition) is 1. The van der Waals surface area contributed by atoms with Crippen LogP contribution in [0.4, 0.5) is 0 Å². The molecule has 1 saturated heterocycles. The van der Waals surface area contributed by atoms with Crippen molar-refractivity contribution >= 4 is 28.8 Å². The zero-order valence-corrected chi connectivity index (χ0v) is 17.8. The first-order chi connectivity index (χ1) is 14.0. The summed E-state index contributed by atoms with van der Waals surface area (Å²) in [6.07, 6.45) is 1.96. The van der Waals surface area contributed by atoms with E-state index in [0.29, 0.717) is 24.8 Å². The normalized spacial score (nSPS) is 15.9. The van der Waals surface area contributed by atoms with Crippen molar-refractivity contribution < 1.29 is 13.9 Å². The standard InChI is InChI=1S/C22H23ClN2O3S/c1-15-5-6-19(28-15)21-25-18(13-29-21)12-20(26)24-14-22(7-9-27-10-8-22)16-3-2-4-17(23)11-16/h2-6,11,13H,7-10,12,14H2,1H3,(H,24,26). The number of halogens is 1. The van der Waals surface area contributed by atoms with Gasteiger partial charge in [0.25, 0.3) is 0 Å². The number of nitrogens with zero attached hydrogens (tertiary/aromatic N) is 1. The zero-order chi connectivity index (χ0) is 20.3. The largest absolute Gasteiger partial charge is 0.459 e. The number of thiazole rings is 1. The van der Waals surface area contributed by atoms with Crippen molar-refractivity contribution in [3.8, 4) is 10.8 Å². The van der Waals surface area contributed by atoms with E-state index in [1.54, 1.807) is 0 Å². The maximum Gasteiger partial charge on any atom is 0.226 e. The van der Waals surface area contributed by atoms with E-state index >= 15 is 0 Å². The summed E-state index contributed by atoms with van der Waals surface area (Å²) in [6, 6.07) is 11.7. The molecule has 0 atom stereocenters. The number of carbonyl (C=O) groups is 1. The number of nitrogens with one attached hydrogen (secondary N) is 1. The summed E-state index contributed by atoms with van der Waals surface area (Å²) in [5.41, 5.74) is 1.75. The Bertz CT molecular complexity index is 991. The summed E-state index contributed by atoms with van der Waals surface area (Å²) in [5.74, 6) is 1.55. The molecule has 1 aliphatic heterocycles. The first-order valence-electron chi connectivity index (χ1n) is 9.66. The van der Waals surface area contributed by atoms with Gasteiger partial charge in [-0.1, -0.05) is 23.7 Å². The molecule has 2 aromatic heterocycles. The maximum absolute atomic E-state index is 12.6. The second kappa shape index (κ2) is 8.69. The summed E-state index contributed by atoms with van der Waals surface area (Å²) in [7, 11) is 0. The highest BCUT2D eigenvalue weighted by atomic mass is 35.5. The second-order valence-corrected chi connectivity index (χ2v) is 8.71. The number of carbonyl (C=O) groups excluding carboxylic acids is 1. The molecule has 0 aliphatic carbocycles. The van der Waals surface area contributed by atoms with E-state index in [0.717, 1.165) is 40.6 Å². The summed E-state index contributed by atoms with van der Waals surface area (Å²) in [5, 5.41) is 6.53. The van der Waals surface area contributed by atoms with Gasteiger partial charge in [-0.3, -0.25) is 4.79 Å². The van der Waals surface area contributed by atoms with Crippen LogP contribution >= 0.6 is 22.9 Å². The van der Waals surface area contributed by atoms with Crippen LogP contribution in [0.2, 0.25) is 5.02 Å². The molecule has 0 bridgehead atoms. The summed E-state index contributed by atoms with van der Waals surface area (Å²) in [4.78, 5) is 17.2. The third-order valence-corrected chi connectivity index (χ3v) is 6.50. The fourth-order valence-corrected chi connectivity index (χ4v) is 4.66. The third kappa shape index (κ3) is 4.71. The lowest BCUT2D eigenvalue weighted by Gasteiger charge is -2.38. The molecular formula is C22H23ClN2O3S. The number of hydrogen-bond acceptors (Lipinski definition) is 5. The van der Waals surface area contributed by atoms with Crippen LogP contribution in [0.25, 0.3) is 10.8 Å². The summed E-state index contributed by atoms with van der Waals surface area (Å²) < 4.78 is 11.2. The summed E-state index contributed by atoms with van der Waals surface area (Å²) in [6.45, 7) is 3.82. The van der Waals surface area contributed by atoms with Gasteiger partial charge in [0.05, 0.1) is 12.1 Å². The molecule has 0 saturated carbocycles. The number of amides is 1. The van der Waals surface area contributed by atoms with Crippen molar-refractivity contribution in [2.45, 2.75) is 31.6 Å². The van der Waals surface area contributed by atoms with Gasteiger partial charge in [-0.25, -0.2) is 4.98 Å². The number of aromatic nitrogens is 1. The van der Waals surface area contributed by atoms with Gasteiger partial charge in [-0.05, 0) is 49.6 Å². The minimum atomic E-state index is -0.155. The molecule has 1 fully saturated rings. The molecule has 1 amide bonds. The molecule has 0 spiro atoms. The number of aryl methyl sites for hydroxylation is 1. The van der Waals surface area contributed by atoms with Crippen LogP contribution < -0.4 is 5.32 Å². The fourth-order valence-electron chi connectivity index (χ4n) is 3.69. The molecular weight excluding hydrogens is 408 g/mol. The number of rotatable bonds is 6. The molecule has 29 heavy (non-hydrogen) atoms. The highest BCUT2D eigenvalue weighted by Crippen LogP contribution is 2.35. The Hall–Kier alpha value is -2.15. The highest BCUT2D eigenvalue weighted by Gasteiger charge is 2.35. The first kappa shape index (κ1) is 20.1. The van der Waals surface area contributed by atoms with Crippen molar-refractivity contribution in [1.82, 2.24) is 10.3 Å². The molecule has 5 nitrogen and oxygen atoms in total. The average molecular weight is 431 g/mol. The second-order valence-electron chi connectivity index (χ2n) is 7.41. The van der Waals surface area contributed by atoms with Gasteiger partial charge in [0.1, 0.15) is 5.76 Å². The van der Waals surface area contributed by atoms with Gasteiger partial charge in [0, 0.05) is 35.6 Å². The van der Waals surface area contributed by atoms with Crippen molar-refractivity contribution in [2.75, 3.05) is 19.8 Å². The molecule has 3 aromatic rings. The Morgan fingerprint density at radius 2 is 2.10 bits per heavy atom. The number of benzene rings is 1. The van der Waals surface area contributed by atoms with Crippen LogP contribution in [-0.2, 0) is 21.4 Å². The topological polar surface area (TPSA) is 64.4 Å². The molecule has 0 unspecified atom stereocenters. The number of furan rings is 1. The van der Waals surface area contributed by atoms with Gasteiger partial charge in [-0.2, -0.15) is 0 Å². The van der Waals surface area contributed by atoms with Crippen LogP contribution in [0.5, 0.6) is 0 Å². The molecule has 152 valence electrons. The Kier molecular flexibility index (Phi) is 6.04. The maximum atomic E-state index is 12.6. The van der Waals surface area contributed by atoms with Crippen LogP contribution in [0.3, 0.4) is 0 Å². The minimum Gasteiger partial charge on any atom is -0.459 e. The van der Waals surface area contributed by atoms with Crippen LogP contribution in [0.1, 0.15) is 29.9 Å². The molecule has 4 rings (SSSR count). The predicted molar refractivity (Wildman–Crippen MR) is 114 cm³/mol. The lowest BCUT2D eigenvalue weighted by molar-refractivity contribution is -0.121. The zero-order valence-electron chi connectivity index (χ0n) is 16.2. The van der Waals surface area contributed by atoms with Crippen molar-refractivity contribution in [3.05, 3.63) is 63.8 Å². The Balaban J connectivity index is 1.41. The lowest BCUT2D eigenvalue weighted by atomic mass is 9.74. The van der Waals surface area contributed by atoms with Crippen molar-refractivity contribution in [3.63, 3.8) is 0 Å². The van der Waals surface area contributed by atoms with Crippen LogP contribution in [0.15, 0.2) is 46.2 Å². The van der Waals surface area contributed by atoms with Gasteiger partial charge < -0.3 is 14.5 Å². The molecule has 3 heterocycles. The Labute approximate surface area is 179 Å². The number of ether oxygens (including phenoxy) is 1. The molecule has 1 N–H and O–H groups in total. The SMILES string of the molecule is Cc1ccc(-c2nc(CC(=O)NCC3(c4cccc(Cl)c4)CCOCC3)cs2)o1. The summed E-state index contributed by atoms with van der Waals surface area (Å²) >= 11 is 7.70. The Morgan fingerprint density at radius 3 is 2.83 bits per heavy atom. The molecule has 1 aliphatic rings. The van der Waals surface area contributed by atoms with E-state index in [2.05, 4.69) is 16.4 Å². The van der Waals surface area contributed by atoms with Crippen molar-refractivity contribution in [2.24, 2.45) is 0 Å². The van der Waals surface area contributed by atoms with E-state index in [1.165, 1.54) is 11.3 Å². The van der Waals surface area contributed by atoms with Gasteiger partial charge in [0.2, 0.25) is 5.91 Å². The van der Waals surface area contributed by atoms with Gasteiger partial charge in [0.15, 0.2) is 10.8 Å². The fraction of sp³-hybridized carbons (Fsp3) is 0.364. The van der Waals surface area contributed by atoms with E-state index in [9.17, 15) is 4.79 Å². The molecule has 0 radical (unpaired) electrons. The molecule has 1 aromatic carbocycles. The monoisotopic (exact) mass is 430 g/mol. The van der Waals surface area contributed by atoms with Crippen LogP contribution in [-0.4, -0.2) is 30.6 Å². The minimum absolute atomic E-state index is 0.0367. The van der Waals surface area contributed by atoms with E-state index < -0.39 is 0 Å².